The lowest BCUT2D eigenvalue weighted by Crippen LogP contribution is -2.24. The van der Waals surface area contributed by atoms with Gasteiger partial charge < -0.3 is 8.83 Å². The summed E-state index contributed by atoms with van der Waals surface area (Å²) < 4.78 is 13.9. The Labute approximate surface area is 403 Å². The van der Waals surface area contributed by atoms with Crippen molar-refractivity contribution in [3.05, 3.63) is 219 Å². The maximum atomic E-state index is 7.02. The van der Waals surface area contributed by atoms with Crippen molar-refractivity contribution >= 4 is 43.9 Å². The molecule has 0 spiro atoms. The summed E-state index contributed by atoms with van der Waals surface area (Å²) in [5.74, 6) is 0.0271. The Morgan fingerprint density at radius 1 is 0.464 bits per heavy atom. The predicted molar refractivity (Wildman–Crippen MR) is 285 cm³/mol. The van der Waals surface area contributed by atoms with Crippen LogP contribution in [0.4, 0.5) is 0 Å². The molecule has 0 saturated heterocycles. The van der Waals surface area contributed by atoms with Crippen LogP contribution in [-0.4, -0.2) is 4.98 Å². The number of hydrogen-bond acceptors (Lipinski definition) is 3. The summed E-state index contributed by atoms with van der Waals surface area (Å²) in [6.45, 7) is 18.9. The van der Waals surface area contributed by atoms with E-state index in [0.29, 0.717) is 0 Å². The van der Waals surface area contributed by atoms with Gasteiger partial charge in [0.15, 0.2) is 0 Å². The number of benzene rings is 8. The molecule has 11 aromatic rings. The van der Waals surface area contributed by atoms with E-state index in [0.717, 1.165) is 40.0 Å². The first kappa shape index (κ1) is 40.6. The van der Waals surface area contributed by atoms with Crippen molar-refractivity contribution in [1.82, 2.24) is 4.98 Å². The lowest BCUT2D eigenvalue weighted by Gasteiger charge is -2.31. The third kappa shape index (κ3) is 5.36. The molecule has 8 aromatic carbocycles. The van der Waals surface area contributed by atoms with Crippen LogP contribution in [0.5, 0.6) is 0 Å². The largest absolute Gasteiger partial charge is 0.455 e. The molecular formula is C66H53NO2. The highest BCUT2D eigenvalue weighted by atomic mass is 16.3. The second kappa shape index (κ2) is 13.8. The molecule has 69 heavy (non-hydrogen) atoms. The van der Waals surface area contributed by atoms with Crippen molar-refractivity contribution in [2.24, 2.45) is 0 Å². The van der Waals surface area contributed by atoms with E-state index in [1.54, 1.807) is 0 Å². The number of aromatic nitrogens is 1. The number of hydrogen-bond donors (Lipinski definition) is 0. The first-order valence-electron chi connectivity index (χ1n) is 24.7. The Kier molecular flexibility index (Phi) is 8.13. The van der Waals surface area contributed by atoms with Crippen LogP contribution in [0.25, 0.3) is 88.4 Å². The first-order valence-corrected chi connectivity index (χ1v) is 24.7. The van der Waals surface area contributed by atoms with E-state index >= 15 is 0 Å². The second-order valence-corrected chi connectivity index (χ2v) is 21.9. The summed E-state index contributed by atoms with van der Waals surface area (Å²) in [7, 11) is 0. The lowest BCUT2D eigenvalue weighted by molar-refractivity contribution is 0.599. The van der Waals surface area contributed by atoms with Gasteiger partial charge in [0.1, 0.15) is 22.3 Å². The predicted octanol–water partition coefficient (Wildman–Crippen LogP) is 17.5. The molecule has 3 aromatic heterocycles. The molecule has 0 bridgehead atoms. The molecule has 0 aliphatic heterocycles. The Morgan fingerprint density at radius 2 is 1.07 bits per heavy atom. The minimum atomic E-state index is -0.298. The van der Waals surface area contributed by atoms with E-state index in [1.165, 1.54) is 116 Å². The Bertz CT molecular complexity index is 4040. The van der Waals surface area contributed by atoms with Gasteiger partial charge in [0.05, 0.1) is 0 Å². The molecule has 3 aliphatic rings. The van der Waals surface area contributed by atoms with E-state index in [2.05, 4.69) is 201 Å². The zero-order chi connectivity index (χ0) is 46.9. The molecule has 0 radical (unpaired) electrons. The van der Waals surface area contributed by atoms with Gasteiger partial charge in [-0.1, -0.05) is 168 Å². The fourth-order valence-corrected chi connectivity index (χ4v) is 13.6. The van der Waals surface area contributed by atoms with Crippen molar-refractivity contribution in [1.29, 1.82) is 0 Å². The highest BCUT2D eigenvalue weighted by Gasteiger charge is 2.49. The van der Waals surface area contributed by atoms with Crippen LogP contribution in [0.15, 0.2) is 167 Å². The lowest BCUT2D eigenvalue weighted by atomic mass is 9.71. The van der Waals surface area contributed by atoms with E-state index in [1.807, 2.05) is 12.3 Å². The average Bonchev–Trinajstić information content (AvgIpc) is 4.10. The van der Waals surface area contributed by atoms with Crippen LogP contribution in [0.3, 0.4) is 0 Å². The third-order valence-electron chi connectivity index (χ3n) is 16.8. The molecule has 334 valence electrons. The molecule has 0 amide bonds. The maximum Gasteiger partial charge on any atom is 0.144 e. The van der Waals surface area contributed by atoms with Crippen LogP contribution >= 0.6 is 0 Å². The number of aryl methyl sites for hydroxylation is 2. The van der Waals surface area contributed by atoms with Gasteiger partial charge >= 0.3 is 0 Å². The Balaban J connectivity index is 0.924. The number of fused-ring (bicyclic) bond motifs is 19. The van der Waals surface area contributed by atoms with Crippen molar-refractivity contribution in [2.75, 3.05) is 0 Å². The zero-order valence-corrected chi connectivity index (χ0v) is 40.6. The van der Waals surface area contributed by atoms with Crippen LogP contribution in [0.2, 0.25) is 0 Å². The molecule has 0 saturated carbocycles. The van der Waals surface area contributed by atoms with Gasteiger partial charge in [0.2, 0.25) is 0 Å². The summed E-state index contributed by atoms with van der Waals surface area (Å²) in [5, 5.41) is 4.80. The molecule has 3 nitrogen and oxygen atoms in total. The molecule has 14 rings (SSSR count). The van der Waals surface area contributed by atoms with Gasteiger partial charge in [-0.25, -0.2) is 0 Å². The minimum absolute atomic E-state index is 0.0271. The standard InChI is InChI=1S/C66H53NO2/c1-36-24-27-40(37(2)31-36)47-35-51-55(57-44-18-10-13-22-53(44)68-62(47)57)42-28-25-38(33-49(42)64(51,3)4)32-46(52-21-15-16-30-67-52)39-26-29-43-50(34-39)66(7,8)61-59(43)63-58(45-19-11-14-23-54(45)69-63)56-41-17-9-12-20-48(41)65(5,6)60(56)61/h9-31,33-35,46H,32H2,1-8H3. The van der Waals surface area contributed by atoms with Crippen LogP contribution in [-0.2, 0) is 22.7 Å². The van der Waals surface area contributed by atoms with Crippen LogP contribution < -0.4 is 0 Å². The molecule has 0 N–H and O–H groups in total. The first-order chi connectivity index (χ1) is 33.3. The van der Waals surface area contributed by atoms with Gasteiger partial charge in [0.25, 0.3) is 0 Å². The van der Waals surface area contributed by atoms with Crippen molar-refractivity contribution in [3.63, 3.8) is 0 Å². The highest BCUT2D eigenvalue weighted by molar-refractivity contribution is 6.21. The quantitative estimate of drug-likeness (QED) is 0.173. The molecule has 3 heterocycles. The van der Waals surface area contributed by atoms with Gasteiger partial charge in [-0.15, -0.1) is 0 Å². The van der Waals surface area contributed by atoms with Gasteiger partial charge in [-0.3, -0.25) is 4.98 Å². The topological polar surface area (TPSA) is 39.2 Å². The third-order valence-corrected chi connectivity index (χ3v) is 16.8. The summed E-state index contributed by atoms with van der Waals surface area (Å²) >= 11 is 0. The van der Waals surface area contributed by atoms with Crippen LogP contribution in [0.1, 0.15) is 109 Å². The van der Waals surface area contributed by atoms with Crippen molar-refractivity contribution in [2.45, 2.75) is 84.0 Å². The Hall–Kier alpha value is -7.49. The summed E-state index contributed by atoms with van der Waals surface area (Å²) in [5.41, 5.74) is 27.7. The monoisotopic (exact) mass is 891 g/mol. The number of para-hydroxylation sites is 2. The average molecular weight is 892 g/mol. The fraction of sp³-hybridized carbons (Fsp3) is 0.197. The molecule has 3 heteroatoms. The molecule has 1 atom stereocenters. The summed E-state index contributed by atoms with van der Waals surface area (Å²) in [6, 6.07) is 56.4. The summed E-state index contributed by atoms with van der Waals surface area (Å²) in [4.78, 5) is 5.09. The van der Waals surface area contributed by atoms with E-state index in [-0.39, 0.29) is 22.2 Å². The van der Waals surface area contributed by atoms with Gasteiger partial charge in [-0.2, -0.15) is 0 Å². The molecule has 1 unspecified atom stereocenters. The SMILES string of the molecule is Cc1ccc(-c2cc3c(c4c2oc2ccccc24)-c2ccc(CC(c4ccc5c(c4)C(C)(C)c4c6c(c7c(oc8ccccc87)c4-5)-c4ccccc4C6(C)C)c4ccccn4)cc2C3(C)C)c(C)c1. The fourth-order valence-electron chi connectivity index (χ4n) is 13.6. The maximum absolute atomic E-state index is 7.02. The molecular weight excluding hydrogens is 839 g/mol. The highest BCUT2D eigenvalue weighted by Crippen LogP contribution is 2.63. The second-order valence-electron chi connectivity index (χ2n) is 21.9. The van der Waals surface area contributed by atoms with E-state index in [9.17, 15) is 0 Å². The minimum Gasteiger partial charge on any atom is -0.455 e. The number of rotatable bonds is 5. The van der Waals surface area contributed by atoms with E-state index in [4.69, 9.17) is 13.8 Å². The number of pyridine rings is 1. The normalized spacial score (nSPS) is 15.9. The smallest absolute Gasteiger partial charge is 0.144 e. The zero-order valence-electron chi connectivity index (χ0n) is 40.6. The number of nitrogens with zero attached hydrogens (tertiary/aromatic N) is 1. The van der Waals surface area contributed by atoms with E-state index < -0.39 is 0 Å². The summed E-state index contributed by atoms with van der Waals surface area (Å²) in [6.07, 6.45) is 2.76. The Morgan fingerprint density at radius 3 is 1.83 bits per heavy atom. The molecule has 3 aliphatic carbocycles. The van der Waals surface area contributed by atoms with Gasteiger partial charge in [-0.05, 0) is 134 Å². The van der Waals surface area contributed by atoms with Crippen LogP contribution in [0, 0.1) is 13.8 Å². The molecule has 0 fully saturated rings. The van der Waals surface area contributed by atoms with Crippen molar-refractivity contribution < 1.29 is 8.83 Å². The number of furan rings is 2. The van der Waals surface area contributed by atoms with Gasteiger partial charge in [0, 0.05) is 66.7 Å². The van der Waals surface area contributed by atoms with Crippen molar-refractivity contribution in [3.8, 4) is 44.5 Å².